The highest BCUT2D eigenvalue weighted by Crippen LogP contribution is 2.25. The van der Waals surface area contributed by atoms with Crippen LogP contribution in [0.25, 0.3) is 0 Å². The molecule has 0 heterocycles. The van der Waals surface area contributed by atoms with Crippen LogP contribution in [0, 0.1) is 0 Å². The minimum atomic E-state index is -5.21. The Bertz CT molecular complexity index is 634. The summed E-state index contributed by atoms with van der Waals surface area (Å²) in [7, 11) is -5.21. The first kappa shape index (κ1) is 15.8. The van der Waals surface area contributed by atoms with Gasteiger partial charge in [-0.25, -0.2) is 4.79 Å². The molecule has 0 aliphatic carbocycles. The van der Waals surface area contributed by atoms with Crippen molar-refractivity contribution in [3.05, 3.63) is 35.9 Å². The summed E-state index contributed by atoms with van der Waals surface area (Å²) in [6, 6.07) is 6.72. The van der Waals surface area contributed by atoms with Gasteiger partial charge in [-0.1, -0.05) is 30.3 Å². The van der Waals surface area contributed by atoms with Crippen LogP contribution in [-0.2, 0) is 24.5 Å². The second kappa shape index (κ2) is 5.80. The first-order chi connectivity index (χ1) is 9.16. The number of rotatable bonds is 6. The molecule has 0 aliphatic heterocycles. The normalized spacial score (nSPS) is 14.2. The number of aliphatic carboxylic acids is 2. The molecule has 1 aromatic carbocycles. The molecule has 20 heavy (non-hydrogen) atoms. The minimum Gasteiger partial charge on any atom is -0.481 e. The number of carbonyl (C=O) groups is 3. The van der Waals surface area contributed by atoms with E-state index in [9.17, 15) is 22.8 Å². The Labute approximate surface area is 113 Å². The van der Waals surface area contributed by atoms with Crippen LogP contribution < -0.4 is 0 Å². The number of carbonyl (C=O) groups excluding carboxylic acids is 1. The number of Topliss-reactive ketones (excluding diaryl/α,β-unsaturated/α-hetero) is 1. The molecular formula is C11H10O8S. The first-order valence-corrected chi connectivity index (χ1v) is 6.67. The number of carboxylic acids is 2. The molecule has 0 fully saturated rings. The van der Waals surface area contributed by atoms with Crippen molar-refractivity contribution in [2.24, 2.45) is 0 Å². The lowest BCUT2D eigenvalue weighted by atomic mass is 9.93. The van der Waals surface area contributed by atoms with E-state index in [1.54, 1.807) is 0 Å². The third-order valence-electron chi connectivity index (χ3n) is 2.52. The lowest BCUT2D eigenvalue weighted by molar-refractivity contribution is -0.150. The summed E-state index contributed by atoms with van der Waals surface area (Å²) in [5.74, 6) is -7.82. The second-order valence-corrected chi connectivity index (χ2v) is 5.37. The van der Waals surface area contributed by atoms with Crippen molar-refractivity contribution < 1.29 is 37.6 Å². The number of hydrogen-bond acceptors (Lipinski definition) is 5. The van der Waals surface area contributed by atoms with Gasteiger partial charge >= 0.3 is 11.9 Å². The van der Waals surface area contributed by atoms with Crippen molar-refractivity contribution in [2.75, 3.05) is 0 Å². The Morgan fingerprint density at radius 3 is 1.85 bits per heavy atom. The summed E-state index contributed by atoms with van der Waals surface area (Å²) in [6.45, 7) is 0. The smallest absolute Gasteiger partial charge is 0.373 e. The van der Waals surface area contributed by atoms with Crippen molar-refractivity contribution in [3.8, 4) is 0 Å². The number of benzene rings is 1. The summed E-state index contributed by atoms with van der Waals surface area (Å²) in [5, 5.41) is 15.0. The predicted molar refractivity (Wildman–Crippen MR) is 64.8 cm³/mol. The fourth-order valence-corrected chi connectivity index (χ4v) is 2.68. The zero-order chi connectivity index (χ0) is 15.5. The maximum atomic E-state index is 11.4. The molecule has 0 spiro atoms. The molecule has 0 amide bonds. The van der Waals surface area contributed by atoms with E-state index >= 15 is 0 Å². The quantitative estimate of drug-likeness (QED) is 0.482. The van der Waals surface area contributed by atoms with Crippen molar-refractivity contribution in [2.45, 2.75) is 11.2 Å². The maximum Gasteiger partial charge on any atom is 0.373 e. The van der Waals surface area contributed by atoms with Crippen LogP contribution in [0.4, 0.5) is 0 Å². The minimum absolute atomic E-state index is 0.114. The molecule has 0 saturated carbocycles. The average Bonchev–Trinajstić information content (AvgIpc) is 2.34. The van der Waals surface area contributed by atoms with Gasteiger partial charge in [0.1, 0.15) is 5.92 Å². The molecule has 2 atom stereocenters. The van der Waals surface area contributed by atoms with Gasteiger partial charge < -0.3 is 10.2 Å². The van der Waals surface area contributed by atoms with E-state index in [0.29, 0.717) is 0 Å². The van der Waals surface area contributed by atoms with Crippen molar-refractivity contribution in [3.63, 3.8) is 0 Å². The van der Waals surface area contributed by atoms with Gasteiger partial charge in [-0.15, -0.1) is 0 Å². The van der Waals surface area contributed by atoms with E-state index < -0.39 is 39.0 Å². The first-order valence-electron chi connectivity index (χ1n) is 5.17. The Morgan fingerprint density at radius 2 is 1.50 bits per heavy atom. The summed E-state index contributed by atoms with van der Waals surface area (Å²) in [5.41, 5.74) is -0.114. The molecule has 2 unspecified atom stereocenters. The van der Waals surface area contributed by atoms with Crippen molar-refractivity contribution >= 4 is 27.8 Å². The van der Waals surface area contributed by atoms with E-state index in [1.165, 1.54) is 30.3 Å². The van der Waals surface area contributed by atoms with E-state index in [1.807, 2.05) is 0 Å². The molecule has 0 aromatic heterocycles. The summed E-state index contributed by atoms with van der Waals surface area (Å²) < 4.78 is 31.4. The molecule has 9 heteroatoms. The fourth-order valence-electron chi connectivity index (χ4n) is 1.69. The molecule has 1 aromatic rings. The van der Waals surface area contributed by atoms with Gasteiger partial charge in [-0.3, -0.25) is 14.1 Å². The van der Waals surface area contributed by atoms with Gasteiger partial charge in [0, 0.05) is 0 Å². The number of carboxylic acid groups (broad SMARTS) is 2. The summed E-state index contributed by atoms with van der Waals surface area (Å²) in [4.78, 5) is 33.2. The third kappa shape index (κ3) is 3.39. The van der Waals surface area contributed by atoms with E-state index in [-0.39, 0.29) is 5.56 Å². The number of ketones is 1. The molecule has 0 aliphatic rings. The van der Waals surface area contributed by atoms with Gasteiger partial charge in [0.25, 0.3) is 15.9 Å². The summed E-state index contributed by atoms with van der Waals surface area (Å²) in [6.07, 6.45) is 0. The average molecular weight is 302 g/mol. The number of hydrogen-bond donors (Lipinski definition) is 3. The Hall–Kier alpha value is -2.26. The Balaban J connectivity index is 3.46. The van der Waals surface area contributed by atoms with Gasteiger partial charge in [0.05, 0.1) is 0 Å². The largest absolute Gasteiger partial charge is 0.481 e. The van der Waals surface area contributed by atoms with Crippen LogP contribution in [0.5, 0.6) is 0 Å². The topological polar surface area (TPSA) is 146 Å². The molecular weight excluding hydrogens is 292 g/mol. The van der Waals surface area contributed by atoms with Gasteiger partial charge in [0.2, 0.25) is 0 Å². The van der Waals surface area contributed by atoms with E-state index in [0.717, 1.165) is 0 Å². The van der Waals surface area contributed by atoms with Crippen molar-refractivity contribution in [1.82, 2.24) is 0 Å². The molecule has 0 saturated heterocycles. The molecule has 3 N–H and O–H groups in total. The highest BCUT2D eigenvalue weighted by Gasteiger charge is 2.46. The van der Waals surface area contributed by atoms with Crippen LogP contribution in [0.2, 0.25) is 0 Å². The van der Waals surface area contributed by atoms with Crippen LogP contribution in [0.3, 0.4) is 0 Å². The van der Waals surface area contributed by atoms with Crippen LogP contribution >= 0.6 is 0 Å². The highest BCUT2D eigenvalue weighted by molar-refractivity contribution is 7.87. The highest BCUT2D eigenvalue weighted by atomic mass is 32.2. The second-order valence-electron chi connectivity index (χ2n) is 3.83. The van der Waals surface area contributed by atoms with E-state index in [2.05, 4.69) is 0 Å². The lowest BCUT2D eigenvalue weighted by Crippen LogP contribution is -2.42. The maximum absolute atomic E-state index is 11.4. The molecule has 108 valence electrons. The predicted octanol–water partition coefficient (Wildman–Crippen LogP) is -0.235. The third-order valence-corrected chi connectivity index (χ3v) is 3.65. The molecule has 0 bridgehead atoms. The van der Waals surface area contributed by atoms with Crippen LogP contribution in [0.15, 0.2) is 30.3 Å². The standard InChI is InChI=1S/C11H10O8S/c12-8(11(15)16)9(20(17,18)19)7(10(13)14)6-4-2-1-3-5-6/h1-5,7,9H,(H,13,14)(H,15,16)(H,17,18,19). The van der Waals surface area contributed by atoms with Gasteiger partial charge in [0.15, 0.2) is 5.25 Å². The monoisotopic (exact) mass is 302 g/mol. The zero-order valence-electron chi connectivity index (χ0n) is 9.83. The molecule has 1 rings (SSSR count). The van der Waals surface area contributed by atoms with Crippen LogP contribution in [0.1, 0.15) is 11.5 Å². The molecule has 8 nitrogen and oxygen atoms in total. The summed E-state index contributed by atoms with van der Waals surface area (Å²) >= 11 is 0. The van der Waals surface area contributed by atoms with Crippen LogP contribution in [-0.4, -0.2) is 46.2 Å². The van der Waals surface area contributed by atoms with Gasteiger partial charge in [-0.2, -0.15) is 8.42 Å². The SMILES string of the molecule is O=C(O)C(=O)C(C(C(=O)O)c1ccccc1)S(=O)(=O)O. The Kier molecular flexibility index (Phi) is 4.58. The van der Waals surface area contributed by atoms with E-state index in [4.69, 9.17) is 14.8 Å². The zero-order valence-corrected chi connectivity index (χ0v) is 10.6. The molecule has 0 radical (unpaired) electrons. The Morgan fingerprint density at radius 1 is 1.00 bits per heavy atom. The fraction of sp³-hybridized carbons (Fsp3) is 0.182. The van der Waals surface area contributed by atoms with Gasteiger partial charge in [-0.05, 0) is 5.56 Å². The van der Waals surface area contributed by atoms with Crippen molar-refractivity contribution in [1.29, 1.82) is 0 Å². The lowest BCUT2D eigenvalue weighted by Gasteiger charge is -2.19.